The van der Waals surface area contributed by atoms with Crippen molar-refractivity contribution in [1.29, 1.82) is 0 Å². The van der Waals surface area contributed by atoms with Gasteiger partial charge < -0.3 is 5.11 Å². The minimum Gasteiger partial charge on any atom is -0.396 e. The van der Waals surface area contributed by atoms with E-state index in [1.165, 1.54) is 0 Å². The van der Waals surface area contributed by atoms with E-state index in [4.69, 9.17) is 5.11 Å². The maximum atomic E-state index is 11.0. The number of Topliss-reactive ketones (excluding diaryl/α,β-unsaturated/α-hetero) is 2. The summed E-state index contributed by atoms with van der Waals surface area (Å²) in [4.78, 5) is 22.1. The first-order valence-corrected chi connectivity index (χ1v) is 4.85. The summed E-state index contributed by atoms with van der Waals surface area (Å²) in [5, 5.41) is 8.46. The van der Waals surface area contributed by atoms with Crippen molar-refractivity contribution in [2.45, 2.75) is 45.4 Å². The zero-order valence-corrected chi connectivity index (χ0v) is 8.21. The van der Waals surface area contributed by atoms with Crippen LogP contribution < -0.4 is 0 Å². The van der Waals surface area contributed by atoms with Crippen molar-refractivity contribution in [3.05, 3.63) is 0 Å². The van der Waals surface area contributed by atoms with Gasteiger partial charge in [0.1, 0.15) is 11.6 Å². The van der Waals surface area contributed by atoms with Gasteiger partial charge in [-0.25, -0.2) is 0 Å². The molecular weight excluding hydrogens is 168 g/mol. The molecule has 0 rings (SSSR count). The highest BCUT2D eigenvalue weighted by atomic mass is 16.3. The summed E-state index contributed by atoms with van der Waals surface area (Å²) in [6.07, 6.45) is 3.06. The molecule has 0 bridgehead atoms. The zero-order chi connectivity index (χ0) is 10.1. The van der Waals surface area contributed by atoms with Crippen molar-refractivity contribution >= 4 is 11.6 Å². The van der Waals surface area contributed by atoms with E-state index in [0.29, 0.717) is 32.1 Å². The number of rotatable bonds is 8. The fourth-order valence-electron chi connectivity index (χ4n) is 1.08. The van der Waals surface area contributed by atoms with Crippen LogP contribution in [0.5, 0.6) is 0 Å². The Balaban J connectivity index is 3.40. The van der Waals surface area contributed by atoms with Gasteiger partial charge >= 0.3 is 0 Å². The number of carbonyl (C=O) groups excluding carboxylic acids is 2. The molecule has 76 valence electrons. The Hall–Kier alpha value is -0.700. The second-order valence-corrected chi connectivity index (χ2v) is 3.15. The van der Waals surface area contributed by atoms with Crippen LogP contribution in [-0.4, -0.2) is 23.3 Å². The maximum Gasteiger partial charge on any atom is 0.133 e. The van der Waals surface area contributed by atoms with Crippen molar-refractivity contribution in [2.24, 2.45) is 0 Å². The van der Waals surface area contributed by atoms with Crippen molar-refractivity contribution in [1.82, 2.24) is 0 Å². The van der Waals surface area contributed by atoms with Crippen molar-refractivity contribution in [3.8, 4) is 0 Å². The van der Waals surface area contributed by atoms with Crippen LogP contribution in [0.15, 0.2) is 0 Å². The van der Waals surface area contributed by atoms with E-state index in [-0.39, 0.29) is 18.2 Å². The quantitative estimate of drug-likeness (QED) is 0.624. The molecule has 0 aromatic heterocycles. The third kappa shape index (κ3) is 7.65. The topological polar surface area (TPSA) is 54.4 Å². The summed E-state index contributed by atoms with van der Waals surface area (Å²) in [7, 11) is 0. The lowest BCUT2D eigenvalue weighted by atomic mass is 10.1. The Bertz CT molecular complexity index is 164. The predicted molar refractivity (Wildman–Crippen MR) is 50.5 cm³/mol. The van der Waals surface area contributed by atoms with Gasteiger partial charge in [-0.3, -0.25) is 9.59 Å². The molecule has 1 N–H and O–H groups in total. The fourth-order valence-corrected chi connectivity index (χ4v) is 1.08. The maximum absolute atomic E-state index is 11.0. The molecule has 0 heterocycles. The second kappa shape index (κ2) is 7.92. The van der Waals surface area contributed by atoms with Crippen LogP contribution in [-0.2, 0) is 9.59 Å². The average Bonchev–Trinajstić information content (AvgIpc) is 2.12. The molecule has 0 radical (unpaired) electrons. The number of aliphatic hydroxyl groups excluding tert-OH is 1. The molecule has 0 saturated carbocycles. The highest BCUT2D eigenvalue weighted by Gasteiger charge is 2.05. The van der Waals surface area contributed by atoms with E-state index < -0.39 is 0 Å². The zero-order valence-electron chi connectivity index (χ0n) is 8.21. The van der Waals surface area contributed by atoms with Crippen molar-refractivity contribution in [2.75, 3.05) is 6.61 Å². The van der Waals surface area contributed by atoms with Crippen LogP contribution in [0.4, 0.5) is 0 Å². The van der Waals surface area contributed by atoms with Gasteiger partial charge in [-0.1, -0.05) is 6.92 Å². The molecule has 0 aromatic rings. The monoisotopic (exact) mass is 186 g/mol. The summed E-state index contributed by atoms with van der Waals surface area (Å²) in [5.74, 6) is 0.248. The van der Waals surface area contributed by atoms with Crippen LogP contribution in [0.25, 0.3) is 0 Å². The third-order valence-corrected chi connectivity index (χ3v) is 1.83. The predicted octanol–water partition coefficient (Wildman–Crippen LogP) is 1.48. The SMILES string of the molecule is CCCC(=O)CCC(=O)CCCO. The van der Waals surface area contributed by atoms with E-state index in [0.717, 1.165) is 6.42 Å². The first-order chi connectivity index (χ1) is 6.20. The summed E-state index contributed by atoms with van der Waals surface area (Å²) in [5.41, 5.74) is 0. The molecule has 3 nitrogen and oxygen atoms in total. The standard InChI is InChI=1S/C10H18O3/c1-2-4-9(12)6-7-10(13)5-3-8-11/h11H,2-8H2,1H3. The molecule has 3 heteroatoms. The summed E-state index contributed by atoms with van der Waals surface area (Å²) < 4.78 is 0. The first kappa shape index (κ1) is 12.3. The molecule has 0 aliphatic rings. The van der Waals surface area contributed by atoms with Crippen LogP contribution >= 0.6 is 0 Å². The van der Waals surface area contributed by atoms with Gasteiger partial charge in [-0.2, -0.15) is 0 Å². The van der Waals surface area contributed by atoms with E-state index in [2.05, 4.69) is 0 Å². The normalized spacial score (nSPS) is 10.0. The minimum absolute atomic E-state index is 0.0502. The largest absolute Gasteiger partial charge is 0.396 e. The average molecular weight is 186 g/mol. The van der Waals surface area contributed by atoms with Crippen molar-refractivity contribution in [3.63, 3.8) is 0 Å². The van der Waals surface area contributed by atoms with Crippen LogP contribution in [0.3, 0.4) is 0 Å². The Morgan fingerprint density at radius 1 is 1.00 bits per heavy atom. The highest BCUT2D eigenvalue weighted by Crippen LogP contribution is 2.02. The van der Waals surface area contributed by atoms with Crippen LogP contribution in [0.1, 0.15) is 45.4 Å². The lowest BCUT2D eigenvalue weighted by Gasteiger charge is -1.98. The van der Waals surface area contributed by atoms with Crippen molar-refractivity contribution < 1.29 is 14.7 Å². The molecule has 0 unspecified atom stereocenters. The van der Waals surface area contributed by atoms with Crippen LogP contribution in [0.2, 0.25) is 0 Å². The van der Waals surface area contributed by atoms with Gasteiger partial charge in [-0.05, 0) is 12.8 Å². The van der Waals surface area contributed by atoms with Gasteiger partial charge in [0, 0.05) is 32.3 Å². The summed E-state index contributed by atoms with van der Waals surface area (Å²) >= 11 is 0. The molecule has 0 fully saturated rings. The first-order valence-electron chi connectivity index (χ1n) is 4.85. The smallest absolute Gasteiger partial charge is 0.133 e. The highest BCUT2D eigenvalue weighted by molar-refractivity contribution is 5.85. The lowest BCUT2D eigenvalue weighted by Crippen LogP contribution is -2.04. The lowest BCUT2D eigenvalue weighted by molar-refractivity contribution is -0.124. The van der Waals surface area contributed by atoms with Gasteiger partial charge in [0.25, 0.3) is 0 Å². The minimum atomic E-state index is 0.0502. The third-order valence-electron chi connectivity index (χ3n) is 1.83. The molecule has 0 aliphatic heterocycles. The summed E-state index contributed by atoms with van der Waals surface area (Å²) in [6, 6.07) is 0. The fraction of sp³-hybridized carbons (Fsp3) is 0.800. The molecule has 0 amide bonds. The van der Waals surface area contributed by atoms with Gasteiger partial charge in [0.2, 0.25) is 0 Å². The molecular formula is C10H18O3. The number of hydrogen-bond acceptors (Lipinski definition) is 3. The molecule has 13 heavy (non-hydrogen) atoms. The number of hydrogen-bond donors (Lipinski definition) is 1. The van der Waals surface area contributed by atoms with E-state index >= 15 is 0 Å². The molecule has 0 spiro atoms. The van der Waals surface area contributed by atoms with Gasteiger partial charge in [-0.15, -0.1) is 0 Å². The van der Waals surface area contributed by atoms with E-state index in [1.807, 2.05) is 6.92 Å². The Labute approximate surface area is 79.1 Å². The van der Waals surface area contributed by atoms with E-state index in [1.54, 1.807) is 0 Å². The number of aliphatic hydroxyl groups is 1. The van der Waals surface area contributed by atoms with E-state index in [9.17, 15) is 9.59 Å². The number of carbonyl (C=O) groups is 2. The second-order valence-electron chi connectivity index (χ2n) is 3.15. The summed E-state index contributed by atoms with van der Waals surface area (Å²) in [6.45, 7) is 2.00. The Kier molecular flexibility index (Phi) is 7.50. The molecule has 0 atom stereocenters. The Morgan fingerprint density at radius 2 is 1.54 bits per heavy atom. The van der Waals surface area contributed by atoms with Gasteiger partial charge in [0.15, 0.2) is 0 Å². The van der Waals surface area contributed by atoms with Crippen LogP contribution in [0, 0.1) is 0 Å². The molecule has 0 saturated heterocycles. The molecule has 0 aliphatic carbocycles. The number of ketones is 2. The van der Waals surface area contributed by atoms with Gasteiger partial charge in [0.05, 0.1) is 0 Å². The Morgan fingerprint density at radius 3 is 2.00 bits per heavy atom. The molecule has 0 aromatic carbocycles.